The molecule has 1 aliphatic carbocycles. The molecule has 14 heavy (non-hydrogen) atoms. The van der Waals surface area contributed by atoms with Gasteiger partial charge in [-0.25, -0.2) is 4.79 Å². The van der Waals surface area contributed by atoms with Crippen LogP contribution in [0.2, 0.25) is 0 Å². The van der Waals surface area contributed by atoms with Gasteiger partial charge in [-0.05, 0) is 42.5 Å². The molecule has 2 rings (SSSR count). The molecule has 0 atom stereocenters. The molecular formula is C11H13NO2. The van der Waals surface area contributed by atoms with Crippen LogP contribution in [0.15, 0.2) is 18.2 Å². The predicted molar refractivity (Wildman–Crippen MR) is 54.9 cm³/mol. The van der Waals surface area contributed by atoms with E-state index in [0.29, 0.717) is 11.5 Å². The van der Waals surface area contributed by atoms with Gasteiger partial charge in [0.25, 0.3) is 0 Å². The number of carboxylic acid groups (broad SMARTS) is 1. The summed E-state index contributed by atoms with van der Waals surface area (Å²) in [6.45, 7) is 0. The normalized spacial score (nSPS) is 15.2. The molecule has 74 valence electrons. The molecule has 3 nitrogen and oxygen atoms in total. The molecule has 0 unspecified atom stereocenters. The summed E-state index contributed by atoms with van der Waals surface area (Å²) < 4.78 is 0. The van der Waals surface area contributed by atoms with Gasteiger partial charge in [-0.15, -0.1) is 0 Å². The van der Waals surface area contributed by atoms with Crippen molar-refractivity contribution in [1.82, 2.24) is 0 Å². The number of benzene rings is 1. The van der Waals surface area contributed by atoms with Crippen LogP contribution < -0.4 is 5.32 Å². The molecule has 3 heteroatoms. The molecule has 2 N–H and O–H groups in total. The van der Waals surface area contributed by atoms with E-state index in [9.17, 15) is 4.79 Å². The number of carboxylic acids is 1. The summed E-state index contributed by atoms with van der Waals surface area (Å²) >= 11 is 0. The van der Waals surface area contributed by atoms with Crippen LogP contribution in [0.1, 0.15) is 34.7 Å². The molecule has 0 heterocycles. The van der Waals surface area contributed by atoms with Gasteiger partial charge in [0.15, 0.2) is 0 Å². The Hall–Kier alpha value is -1.51. The second-order valence-corrected chi connectivity index (χ2v) is 3.63. The van der Waals surface area contributed by atoms with E-state index in [1.165, 1.54) is 12.8 Å². The van der Waals surface area contributed by atoms with Crippen LogP contribution in [-0.2, 0) is 0 Å². The Morgan fingerprint density at radius 3 is 2.71 bits per heavy atom. The monoisotopic (exact) mass is 191 g/mol. The van der Waals surface area contributed by atoms with Gasteiger partial charge in [-0.2, -0.15) is 0 Å². The number of rotatable bonds is 3. The highest BCUT2D eigenvalue weighted by Crippen LogP contribution is 2.43. The Balaban J connectivity index is 2.41. The highest BCUT2D eigenvalue weighted by atomic mass is 16.4. The maximum absolute atomic E-state index is 10.8. The Morgan fingerprint density at radius 1 is 1.50 bits per heavy atom. The highest BCUT2D eigenvalue weighted by molar-refractivity contribution is 5.88. The number of carbonyl (C=O) groups is 1. The van der Waals surface area contributed by atoms with Crippen LogP contribution in [-0.4, -0.2) is 18.1 Å². The van der Waals surface area contributed by atoms with E-state index in [4.69, 9.17) is 5.11 Å². The van der Waals surface area contributed by atoms with Crippen molar-refractivity contribution in [1.29, 1.82) is 0 Å². The van der Waals surface area contributed by atoms with Crippen molar-refractivity contribution in [3.8, 4) is 0 Å². The first-order valence-electron chi connectivity index (χ1n) is 4.77. The third kappa shape index (κ3) is 1.58. The number of anilines is 1. The molecule has 0 saturated heterocycles. The van der Waals surface area contributed by atoms with Gasteiger partial charge in [-0.1, -0.05) is 0 Å². The van der Waals surface area contributed by atoms with E-state index in [1.807, 2.05) is 13.1 Å². The summed E-state index contributed by atoms with van der Waals surface area (Å²) in [5.74, 6) is -0.286. The predicted octanol–water partition coefficient (Wildman–Crippen LogP) is 2.30. The zero-order valence-corrected chi connectivity index (χ0v) is 8.08. The first-order valence-corrected chi connectivity index (χ1v) is 4.77. The van der Waals surface area contributed by atoms with Crippen molar-refractivity contribution in [3.63, 3.8) is 0 Å². The van der Waals surface area contributed by atoms with Gasteiger partial charge in [0.2, 0.25) is 0 Å². The van der Waals surface area contributed by atoms with Crippen LogP contribution >= 0.6 is 0 Å². The largest absolute Gasteiger partial charge is 0.478 e. The van der Waals surface area contributed by atoms with E-state index in [0.717, 1.165) is 11.3 Å². The van der Waals surface area contributed by atoms with Crippen molar-refractivity contribution in [3.05, 3.63) is 29.3 Å². The van der Waals surface area contributed by atoms with Gasteiger partial charge in [0.1, 0.15) is 0 Å². The third-order valence-corrected chi connectivity index (χ3v) is 2.59. The molecule has 1 aromatic carbocycles. The minimum absolute atomic E-state index is 0.380. The molecular weight excluding hydrogens is 178 g/mol. The highest BCUT2D eigenvalue weighted by Gasteiger charge is 2.26. The molecule has 1 aromatic rings. The quantitative estimate of drug-likeness (QED) is 0.770. The second kappa shape index (κ2) is 3.33. The summed E-state index contributed by atoms with van der Waals surface area (Å²) in [6, 6.07) is 5.27. The maximum Gasteiger partial charge on any atom is 0.335 e. The van der Waals surface area contributed by atoms with Crippen LogP contribution in [0.3, 0.4) is 0 Å². The molecule has 0 aromatic heterocycles. The van der Waals surface area contributed by atoms with Crippen molar-refractivity contribution < 1.29 is 9.90 Å². The summed E-state index contributed by atoms with van der Waals surface area (Å²) in [5, 5.41) is 11.9. The summed E-state index contributed by atoms with van der Waals surface area (Å²) in [5.41, 5.74) is 2.58. The van der Waals surface area contributed by atoms with Gasteiger partial charge in [0, 0.05) is 12.7 Å². The molecule has 0 amide bonds. The van der Waals surface area contributed by atoms with E-state index < -0.39 is 5.97 Å². The Bertz CT molecular complexity index is 370. The lowest BCUT2D eigenvalue weighted by molar-refractivity contribution is 0.0697. The molecule has 0 spiro atoms. The van der Waals surface area contributed by atoms with Crippen molar-refractivity contribution >= 4 is 11.7 Å². The van der Waals surface area contributed by atoms with Crippen LogP contribution in [0.4, 0.5) is 5.69 Å². The Kier molecular flexibility index (Phi) is 2.15. The smallest absolute Gasteiger partial charge is 0.335 e. The molecule has 0 radical (unpaired) electrons. The lowest BCUT2D eigenvalue weighted by Gasteiger charge is -2.08. The van der Waals surface area contributed by atoms with Crippen molar-refractivity contribution in [2.24, 2.45) is 0 Å². The summed E-state index contributed by atoms with van der Waals surface area (Å²) in [7, 11) is 1.86. The SMILES string of the molecule is CNc1ccc(C(=O)O)cc1C1CC1. The lowest BCUT2D eigenvalue weighted by Crippen LogP contribution is -2.00. The number of hydrogen-bond donors (Lipinski definition) is 2. The zero-order valence-electron chi connectivity index (χ0n) is 8.08. The molecule has 1 saturated carbocycles. The van der Waals surface area contributed by atoms with Crippen LogP contribution in [0, 0.1) is 0 Å². The van der Waals surface area contributed by atoms with Crippen LogP contribution in [0.25, 0.3) is 0 Å². The third-order valence-electron chi connectivity index (χ3n) is 2.59. The van der Waals surface area contributed by atoms with Gasteiger partial charge < -0.3 is 10.4 Å². The maximum atomic E-state index is 10.8. The first-order chi connectivity index (χ1) is 6.72. The number of aromatic carboxylic acids is 1. The minimum Gasteiger partial charge on any atom is -0.478 e. The van der Waals surface area contributed by atoms with Gasteiger partial charge in [-0.3, -0.25) is 0 Å². The van der Waals surface area contributed by atoms with Gasteiger partial charge >= 0.3 is 5.97 Å². The van der Waals surface area contributed by atoms with Gasteiger partial charge in [0.05, 0.1) is 5.56 Å². The Morgan fingerprint density at radius 2 is 2.21 bits per heavy atom. The number of nitrogens with one attached hydrogen (secondary N) is 1. The fourth-order valence-electron chi connectivity index (χ4n) is 1.66. The molecule has 1 fully saturated rings. The van der Waals surface area contributed by atoms with E-state index in [2.05, 4.69) is 5.32 Å². The first kappa shape index (κ1) is 9.06. The molecule has 0 bridgehead atoms. The molecule has 1 aliphatic rings. The average molecular weight is 191 g/mol. The number of hydrogen-bond acceptors (Lipinski definition) is 2. The second-order valence-electron chi connectivity index (χ2n) is 3.63. The minimum atomic E-state index is -0.852. The standard InChI is InChI=1S/C11H13NO2/c1-12-10-5-4-8(11(13)14)6-9(10)7-2-3-7/h4-7,12H,2-3H2,1H3,(H,13,14). The lowest BCUT2D eigenvalue weighted by atomic mass is 10.0. The van der Waals surface area contributed by atoms with E-state index in [-0.39, 0.29) is 0 Å². The topological polar surface area (TPSA) is 49.3 Å². The average Bonchev–Trinajstić information content (AvgIpc) is 3.00. The van der Waals surface area contributed by atoms with Crippen molar-refractivity contribution in [2.45, 2.75) is 18.8 Å². The summed E-state index contributed by atoms with van der Waals surface area (Å²) in [4.78, 5) is 10.8. The van der Waals surface area contributed by atoms with Crippen molar-refractivity contribution in [2.75, 3.05) is 12.4 Å². The molecule has 0 aliphatic heterocycles. The summed E-state index contributed by atoms with van der Waals surface area (Å²) in [6.07, 6.45) is 2.36. The van der Waals surface area contributed by atoms with E-state index >= 15 is 0 Å². The van der Waals surface area contributed by atoms with Crippen LogP contribution in [0.5, 0.6) is 0 Å². The van der Waals surface area contributed by atoms with E-state index in [1.54, 1.807) is 12.1 Å². The Labute approximate surface area is 82.8 Å². The fourth-order valence-corrected chi connectivity index (χ4v) is 1.66. The fraction of sp³-hybridized carbons (Fsp3) is 0.364. The zero-order chi connectivity index (χ0) is 10.1.